The fourth-order valence-electron chi connectivity index (χ4n) is 3.05. The Labute approximate surface area is 125 Å². The minimum atomic E-state index is -1.85. The van der Waals surface area contributed by atoms with E-state index in [1.807, 2.05) is 0 Å². The molecule has 0 spiro atoms. The van der Waals surface area contributed by atoms with Gasteiger partial charge in [0.2, 0.25) is 0 Å². The Hall–Kier alpha value is 0.524. The summed E-state index contributed by atoms with van der Waals surface area (Å²) in [6.45, 7) is 5.30. The standard InChI is InChI=1S/C12H24BN2.3CH3.Sn/c1-5-6-7-8-9-12(2)13-14(3)10-11-15(13)4;;;;/h2H,5-11H2,1,3-4H3;3*1H3;. The summed E-state index contributed by atoms with van der Waals surface area (Å²) in [5.74, 6) is 0. The maximum absolute atomic E-state index is 2.73. The predicted molar refractivity (Wildman–Crippen MR) is 91.2 cm³/mol. The molecular weight excluding hydrogens is 338 g/mol. The molecule has 0 aromatic carbocycles. The molecule has 2 nitrogen and oxygen atoms in total. The van der Waals surface area contributed by atoms with Crippen molar-refractivity contribution in [2.75, 3.05) is 27.2 Å². The molecule has 0 aromatic rings. The van der Waals surface area contributed by atoms with Crippen LogP contribution in [0.15, 0.2) is 9.56 Å². The second-order valence-corrected chi connectivity index (χ2v) is 21.6. The first-order valence-electron chi connectivity index (χ1n) is 7.97. The third-order valence-corrected chi connectivity index (χ3v) is 7.44. The molecule has 1 fully saturated rings. The van der Waals surface area contributed by atoms with Gasteiger partial charge in [-0.2, -0.15) is 0 Å². The van der Waals surface area contributed by atoms with Crippen molar-refractivity contribution in [2.24, 2.45) is 0 Å². The van der Waals surface area contributed by atoms with Crippen molar-refractivity contribution in [3.63, 3.8) is 0 Å². The molecule has 1 rings (SSSR count). The third kappa shape index (κ3) is 6.22. The van der Waals surface area contributed by atoms with Crippen LogP contribution in [0, 0.1) is 0 Å². The molecule has 1 aliphatic heterocycles. The molecule has 4 heteroatoms. The molecule has 0 atom stereocenters. The van der Waals surface area contributed by atoms with Crippen LogP contribution in [0.4, 0.5) is 0 Å². The van der Waals surface area contributed by atoms with Gasteiger partial charge in [0.15, 0.2) is 0 Å². The average molecular weight is 371 g/mol. The maximum atomic E-state index is 2.73. The van der Waals surface area contributed by atoms with E-state index in [-0.39, 0.29) is 0 Å². The van der Waals surface area contributed by atoms with Crippen molar-refractivity contribution in [1.82, 2.24) is 9.62 Å². The molecule has 0 aliphatic carbocycles. The zero-order valence-corrected chi connectivity index (χ0v) is 16.9. The number of rotatable bonds is 7. The molecule has 1 saturated heterocycles. The number of nitrogens with zero attached hydrogens (tertiary/aromatic N) is 2. The van der Waals surface area contributed by atoms with Crippen molar-refractivity contribution >= 4 is 25.4 Å². The van der Waals surface area contributed by atoms with Crippen molar-refractivity contribution in [3.05, 3.63) is 9.56 Å². The second kappa shape index (κ2) is 8.09. The minimum absolute atomic E-state index is 0.581. The predicted octanol–water partition coefficient (Wildman–Crippen LogP) is 3.67. The molecule has 0 amide bonds. The van der Waals surface area contributed by atoms with E-state index in [1.54, 1.807) is 5.47 Å². The SMILES string of the molecule is CCCCCC/C(=[CH]/[Sn]([CH3])([CH3])[CH3])B1N(C)CCN1C. The quantitative estimate of drug-likeness (QED) is 0.498. The van der Waals surface area contributed by atoms with Crippen LogP contribution in [0.25, 0.3) is 0 Å². The van der Waals surface area contributed by atoms with E-state index in [4.69, 9.17) is 0 Å². The van der Waals surface area contributed by atoms with E-state index < -0.39 is 18.4 Å². The van der Waals surface area contributed by atoms with Gasteiger partial charge in [0, 0.05) is 0 Å². The Morgan fingerprint density at radius 2 is 1.63 bits per heavy atom. The van der Waals surface area contributed by atoms with Gasteiger partial charge in [-0.05, 0) is 0 Å². The van der Waals surface area contributed by atoms with Crippen LogP contribution in [0.1, 0.15) is 39.0 Å². The van der Waals surface area contributed by atoms with Crippen molar-refractivity contribution in [1.29, 1.82) is 0 Å². The van der Waals surface area contributed by atoms with E-state index in [0.717, 1.165) is 0 Å². The fourth-order valence-corrected chi connectivity index (χ4v) is 7.06. The third-order valence-electron chi connectivity index (χ3n) is 3.91. The van der Waals surface area contributed by atoms with Crippen LogP contribution in [0.3, 0.4) is 0 Å². The molecule has 0 aromatic heterocycles. The van der Waals surface area contributed by atoms with Crippen LogP contribution < -0.4 is 0 Å². The number of hydrogen-bond acceptors (Lipinski definition) is 2. The fraction of sp³-hybridized carbons (Fsp3) is 0.867. The van der Waals surface area contributed by atoms with Gasteiger partial charge >= 0.3 is 126 Å². The van der Waals surface area contributed by atoms with Gasteiger partial charge in [-0.25, -0.2) is 0 Å². The van der Waals surface area contributed by atoms with E-state index in [2.05, 4.69) is 49.6 Å². The Balaban J connectivity index is 2.72. The molecule has 19 heavy (non-hydrogen) atoms. The number of unbranched alkanes of at least 4 members (excludes halogenated alkanes) is 3. The molecule has 0 radical (unpaired) electrons. The van der Waals surface area contributed by atoms with E-state index >= 15 is 0 Å². The molecule has 0 unspecified atom stereocenters. The van der Waals surface area contributed by atoms with Gasteiger partial charge < -0.3 is 0 Å². The van der Waals surface area contributed by atoms with Crippen LogP contribution in [-0.2, 0) is 0 Å². The van der Waals surface area contributed by atoms with Gasteiger partial charge in [-0.15, -0.1) is 0 Å². The summed E-state index contributed by atoms with van der Waals surface area (Å²) in [7, 11) is 4.57. The normalized spacial score (nSPS) is 19.5. The Morgan fingerprint density at radius 1 is 1.05 bits per heavy atom. The summed E-state index contributed by atoms with van der Waals surface area (Å²) in [4.78, 5) is 12.6. The summed E-state index contributed by atoms with van der Waals surface area (Å²) < 4.78 is 2.73. The first-order valence-corrected chi connectivity index (χ1v) is 18.2. The zero-order valence-electron chi connectivity index (χ0n) is 14.0. The molecule has 0 N–H and O–H groups in total. The Bertz CT molecular complexity index is 289. The monoisotopic (exact) mass is 372 g/mol. The number of likely N-dealkylation sites (N-methyl/N-ethyl adjacent to an activating group) is 2. The van der Waals surface area contributed by atoms with Crippen molar-refractivity contribution in [2.45, 2.75) is 53.8 Å². The van der Waals surface area contributed by atoms with Crippen molar-refractivity contribution < 1.29 is 0 Å². The van der Waals surface area contributed by atoms with Gasteiger partial charge in [0.05, 0.1) is 0 Å². The number of allylic oxidation sites excluding steroid dienone is 1. The van der Waals surface area contributed by atoms with Crippen LogP contribution >= 0.6 is 0 Å². The van der Waals surface area contributed by atoms with Crippen LogP contribution in [0.2, 0.25) is 14.8 Å². The molecule has 1 aliphatic rings. The average Bonchev–Trinajstić information content (AvgIpc) is 2.62. The Morgan fingerprint density at radius 3 is 2.11 bits per heavy atom. The molecule has 0 saturated carbocycles. The van der Waals surface area contributed by atoms with Crippen molar-refractivity contribution in [3.8, 4) is 0 Å². The molecule has 1 heterocycles. The van der Waals surface area contributed by atoms with E-state index in [0.29, 0.717) is 6.98 Å². The molecule has 0 bridgehead atoms. The van der Waals surface area contributed by atoms with Crippen LogP contribution in [-0.4, -0.2) is 62.2 Å². The summed E-state index contributed by atoms with van der Waals surface area (Å²) in [6, 6.07) is 0. The summed E-state index contributed by atoms with van der Waals surface area (Å²) in [6.07, 6.45) is 6.81. The van der Waals surface area contributed by atoms with Gasteiger partial charge in [-0.3, -0.25) is 0 Å². The first-order chi connectivity index (χ1) is 8.85. The number of hydrogen-bond donors (Lipinski definition) is 0. The molecular formula is C15H33BN2Sn. The van der Waals surface area contributed by atoms with Gasteiger partial charge in [0.1, 0.15) is 0 Å². The summed E-state index contributed by atoms with van der Waals surface area (Å²) >= 11 is -1.85. The first kappa shape index (κ1) is 17.6. The topological polar surface area (TPSA) is 6.48 Å². The zero-order chi connectivity index (χ0) is 14.5. The van der Waals surface area contributed by atoms with Gasteiger partial charge in [-0.1, -0.05) is 0 Å². The summed E-state index contributed by atoms with van der Waals surface area (Å²) in [5.41, 5.74) is 1.72. The van der Waals surface area contributed by atoms with Crippen LogP contribution in [0.5, 0.6) is 0 Å². The molecule has 110 valence electrons. The van der Waals surface area contributed by atoms with E-state index in [9.17, 15) is 0 Å². The van der Waals surface area contributed by atoms with E-state index in [1.165, 1.54) is 45.2 Å². The van der Waals surface area contributed by atoms with Gasteiger partial charge in [0.25, 0.3) is 0 Å². The Kier molecular flexibility index (Phi) is 7.48. The summed E-state index contributed by atoms with van der Waals surface area (Å²) in [5, 5.41) is 0. The second-order valence-electron chi connectivity index (χ2n) is 7.23.